The van der Waals surface area contributed by atoms with Crippen molar-refractivity contribution in [1.82, 2.24) is 0 Å². The first kappa shape index (κ1) is 15.4. The quantitative estimate of drug-likeness (QED) is 0.613. The van der Waals surface area contributed by atoms with E-state index in [9.17, 15) is 13.2 Å². The highest BCUT2D eigenvalue weighted by Gasteiger charge is 2.34. The molecular weight excluding hydrogens is 256 g/mol. The molecule has 0 aromatic heterocycles. The van der Waals surface area contributed by atoms with Gasteiger partial charge in [0.05, 0.1) is 11.7 Å². The Morgan fingerprint density at radius 3 is 2.44 bits per heavy atom. The van der Waals surface area contributed by atoms with Gasteiger partial charge in [-0.3, -0.25) is 9.35 Å². The number of ether oxygens (including phenoxy) is 1. The smallest absolute Gasteiger partial charge is 0.310 e. The molecule has 18 heavy (non-hydrogen) atoms. The van der Waals surface area contributed by atoms with Gasteiger partial charge in [-0.1, -0.05) is 20.8 Å². The predicted octanol–water partition coefficient (Wildman–Crippen LogP) is 1.88. The maximum absolute atomic E-state index is 11.7. The van der Waals surface area contributed by atoms with E-state index < -0.39 is 27.8 Å². The lowest BCUT2D eigenvalue weighted by Gasteiger charge is -2.24. The van der Waals surface area contributed by atoms with Crippen LogP contribution < -0.4 is 0 Å². The molecule has 0 aliphatic heterocycles. The zero-order valence-electron chi connectivity index (χ0n) is 11.1. The molecule has 0 aromatic rings. The fourth-order valence-electron chi connectivity index (χ4n) is 2.51. The molecule has 3 unspecified atom stereocenters. The molecule has 0 heterocycles. The zero-order chi connectivity index (χ0) is 13.9. The second-order valence-electron chi connectivity index (χ2n) is 5.46. The van der Waals surface area contributed by atoms with Crippen LogP contribution in [0, 0.1) is 17.8 Å². The maximum Gasteiger partial charge on any atom is 0.310 e. The Balaban J connectivity index is 2.54. The Hall–Kier alpha value is -0.620. The van der Waals surface area contributed by atoms with Crippen molar-refractivity contribution < 1.29 is 22.5 Å². The largest absolute Gasteiger partial charge is 0.462 e. The summed E-state index contributed by atoms with van der Waals surface area (Å²) < 4.78 is 35.5. The van der Waals surface area contributed by atoms with Crippen molar-refractivity contribution in [3.8, 4) is 0 Å². The molecule has 0 saturated heterocycles. The fraction of sp³-hybridized carbons (Fsp3) is 0.917. The molecule has 1 aliphatic rings. The summed E-state index contributed by atoms with van der Waals surface area (Å²) in [5, 5.41) is 0. The first-order chi connectivity index (χ1) is 8.20. The number of carbonyl (C=O) groups excluding carboxylic acids is 1. The SMILES string of the molecule is CC(CS(=O)(=O)O)C(=O)OC1CCCC1C(C)C. The van der Waals surface area contributed by atoms with Gasteiger partial charge in [0.25, 0.3) is 10.1 Å². The van der Waals surface area contributed by atoms with Crippen molar-refractivity contribution in [1.29, 1.82) is 0 Å². The fourth-order valence-corrected chi connectivity index (χ4v) is 3.28. The van der Waals surface area contributed by atoms with Gasteiger partial charge in [-0.25, -0.2) is 0 Å². The van der Waals surface area contributed by atoms with Crippen LogP contribution in [0.25, 0.3) is 0 Å². The van der Waals surface area contributed by atoms with Crippen molar-refractivity contribution in [2.45, 2.75) is 46.1 Å². The summed E-state index contributed by atoms with van der Waals surface area (Å²) in [6, 6.07) is 0. The number of hydrogen-bond donors (Lipinski definition) is 1. The second kappa shape index (κ2) is 6.02. The van der Waals surface area contributed by atoms with Crippen LogP contribution in [0.3, 0.4) is 0 Å². The molecule has 1 fully saturated rings. The minimum Gasteiger partial charge on any atom is -0.462 e. The Morgan fingerprint density at radius 2 is 1.94 bits per heavy atom. The lowest BCUT2D eigenvalue weighted by Crippen LogP contribution is -2.30. The van der Waals surface area contributed by atoms with Gasteiger partial charge in [-0.2, -0.15) is 8.42 Å². The summed E-state index contributed by atoms with van der Waals surface area (Å²) >= 11 is 0. The molecule has 1 rings (SSSR count). The molecular formula is C12H22O5S. The van der Waals surface area contributed by atoms with Crippen LogP contribution in [-0.4, -0.2) is 30.8 Å². The third-order valence-corrected chi connectivity index (χ3v) is 4.41. The molecule has 6 heteroatoms. The van der Waals surface area contributed by atoms with Crippen LogP contribution in [0.1, 0.15) is 40.0 Å². The number of carbonyl (C=O) groups is 1. The molecule has 5 nitrogen and oxygen atoms in total. The summed E-state index contributed by atoms with van der Waals surface area (Å²) in [5.41, 5.74) is 0. The van der Waals surface area contributed by atoms with Gasteiger partial charge in [-0.15, -0.1) is 0 Å². The molecule has 0 aromatic carbocycles. The van der Waals surface area contributed by atoms with Gasteiger partial charge in [0.15, 0.2) is 0 Å². The molecule has 1 N–H and O–H groups in total. The Morgan fingerprint density at radius 1 is 1.33 bits per heavy atom. The van der Waals surface area contributed by atoms with Gasteiger partial charge in [0, 0.05) is 0 Å². The summed E-state index contributed by atoms with van der Waals surface area (Å²) in [5.74, 6) is -1.14. The van der Waals surface area contributed by atoms with Gasteiger partial charge in [0.2, 0.25) is 0 Å². The van der Waals surface area contributed by atoms with Crippen LogP contribution in [0.2, 0.25) is 0 Å². The van der Waals surface area contributed by atoms with Crippen LogP contribution in [-0.2, 0) is 19.6 Å². The molecule has 1 aliphatic carbocycles. The Bertz CT molecular complexity index is 387. The summed E-state index contributed by atoms with van der Waals surface area (Å²) in [6.45, 7) is 5.65. The van der Waals surface area contributed by atoms with Crippen molar-refractivity contribution in [3.05, 3.63) is 0 Å². The highest BCUT2D eigenvalue weighted by Crippen LogP contribution is 2.34. The average Bonchev–Trinajstić information content (AvgIpc) is 2.62. The molecule has 0 spiro atoms. The summed E-state index contributed by atoms with van der Waals surface area (Å²) in [6.07, 6.45) is 2.81. The van der Waals surface area contributed by atoms with Crippen molar-refractivity contribution in [2.24, 2.45) is 17.8 Å². The minimum absolute atomic E-state index is 0.110. The van der Waals surface area contributed by atoms with E-state index >= 15 is 0 Å². The van der Waals surface area contributed by atoms with Gasteiger partial charge >= 0.3 is 5.97 Å². The first-order valence-corrected chi connectivity index (χ1v) is 7.97. The average molecular weight is 278 g/mol. The molecule has 1 saturated carbocycles. The molecule has 106 valence electrons. The van der Waals surface area contributed by atoms with E-state index in [0.717, 1.165) is 19.3 Å². The molecule has 3 atom stereocenters. The van der Waals surface area contributed by atoms with Crippen molar-refractivity contribution in [3.63, 3.8) is 0 Å². The van der Waals surface area contributed by atoms with Gasteiger partial charge in [-0.05, 0) is 31.1 Å². The topological polar surface area (TPSA) is 80.7 Å². The minimum atomic E-state index is -4.13. The van der Waals surface area contributed by atoms with E-state index in [0.29, 0.717) is 11.8 Å². The number of hydrogen-bond acceptors (Lipinski definition) is 4. The Labute approximate surface area is 109 Å². The van der Waals surface area contributed by atoms with Crippen LogP contribution >= 0.6 is 0 Å². The van der Waals surface area contributed by atoms with Crippen LogP contribution in [0.4, 0.5) is 0 Å². The number of esters is 1. The van der Waals surface area contributed by atoms with E-state index in [2.05, 4.69) is 13.8 Å². The third kappa shape index (κ3) is 4.57. The molecule has 0 amide bonds. The highest BCUT2D eigenvalue weighted by atomic mass is 32.2. The Kier molecular flexibility index (Phi) is 5.16. The monoisotopic (exact) mass is 278 g/mol. The van der Waals surface area contributed by atoms with E-state index in [-0.39, 0.29) is 6.10 Å². The van der Waals surface area contributed by atoms with Gasteiger partial charge in [0.1, 0.15) is 6.10 Å². The predicted molar refractivity (Wildman–Crippen MR) is 67.6 cm³/mol. The zero-order valence-corrected chi connectivity index (χ0v) is 11.9. The van der Waals surface area contributed by atoms with Crippen molar-refractivity contribution >= 4 is 16.1 Å². The van der Waals surface area contributed by atoms with Crippen LogP contribution in [0.15, 0.2) is 0 Å². The maximum atomic E-state index is 11.7. The van der Waals surface area contributed by atoms with E-state index in [4.69, 9.17) is 9.29 Å². The third-order valence-electron chi connectivity index (χ3n) is 3.49. The summed E-state index contributed by atoms with van der Waals surface area (Å²) in [7, 11) is -4.13. The van der Waals surface area contributed by atoms with Crippen molar-refractivity contribution in [2.75, 3.05) is 5.75 Å². The standard InChI is InChI=1S/C12H22O5S/c1-8(2)10-5-4-6-11(10)17-12(13)9(3)7-18(14,15)16/h8-11H,4-7H2,1-3H3,(H,14,15,16). The second-order valence-corrected chi connectivity index (χ2v) is 6.96. The van der Waals surface area contributed by atoms with E-state index in [1.807, 2.05) is 0 Å². The molecule has 0 radical (unpaired) electrons. The van der Waals surface area contributed by atoms with E-state index in [1.165, 1.54) is 6.92 Å². The number of rotatable bonds is 5. The van der Waals surface area contributed by atoms with Gasteiger partial charge < -0.3 is 4.74 Å². The van der Waals surface area contributed by atoms with E-state index in [1.54, 1.807) is 0 Å². The lowest BCUT2D eigenvalue weighted by atomic mass is 9.92. The summed E-state index contributed by atoms with van der Waals surface area (Å²) in [4.78, 5) is 11.7. The van der Waals surface area contributed by atoms with Crippen LogP contribution in [0.5, 0.6) is 0 Å². The molecule has 0 bridgehead atoms. The normalized spacial score (nSPS) is 26.3. The first-order valence-electron chi connectivity index (χ1n) is 6.36. The highest BCUT2D eigenvalue weighted by molar-refractivity contribution is 7.85. The lowest BCUT2D eigenvalue weighted by molar-refractivity contribution is -0.155.